The van der Waals surface area contributed by atoms with Crippen molar-refractivity contribution in [3.63, 3.8) is 0 Å². The van der Waals surface area contributed by atoms with Crippen LogP contribution in [0.5, 0.6) is 0 Å². The normalized spacial score (nSPS) is 16.7. The number of urea groups is 1. The fourth-order valence-electron chi connectivity index (χ4n) is 3.06. The van der Waals surface area contributed by atoms with Gasteiger partial charge in [0.2, 0.25) is 5.82 Å². The maximum absolute atomic E-state index is 12.6. The molecule has 4 rings (SSSR count). The molecule has 0 atom stereocenters. The Kier molecular flexibility index (Phi) is 4.78. The van der Waals surface area contributed by atoms with E-state index in [1.807, 2.05) is 38.6 Å². The molecule has 2 amide bonds. The number of halogens is 1. The Labute approximate surface area is 156 Å². The van der Waals surface area contributed by atoms with E-state index in [1.165, 1.54) is 0 Å². The minimum Gasteiger partial charge on any atom is -0.378 e. The van der Waals surface area contributed by atoms with Crippen molar-refractivity contribution in [2.24, 2.45) is 0 Å². The van der Waals surface area contributed by atoms with Crippen LogP contribution < -0.4 is 0 Å². The Morgan fingerprint density at radius 1 is 1.08 bits per heavy atom. The summed E-state index contributed by atoms with van der Waals surface area (Å²) >= 11 is 5.98. The van der Waals surface area contributed by atoms with Gasteiger partial charge in [-0.15, -0.1) is 10.2 Å². The smallest absolute Gasteiger partial charge is 0.320 e. The van der Waals surface area contributed by atoms with E-state index < -0.39 is 0 Å². The predicted molar refractivity (Wildman–Crippen MR) is 95.7 cm³/mol. The van der Waals surface area contributed by atoms with Crippen LogP contribution in [0.3, 0.4) is 0 Å². The molecule has 2 aliphatic heterocycles. The molecule has 1 aromatic carbocycles. The van der Waals surface area contributed by atoms with Gasteiger partial charge in [0.1, 0.15) is 0 Å². The van der Waals surface area contributed by atoms with E-state index in [4.69, 9.17) is 16.3 Å². The maximum Gasteiger partial charge on any atom is 0.320 e. The maximum atomic E-state index is 12.6. The minimum atomic E-state index is 0.0362. The fraction of sp³-hybridized carbons (Fsp3) is 0.389. The van der Waals surface area contributed by atoms with Crippen LogP contribution in [0.15, 0.2) is 24.3 Å². The summed E-state index contributed by atoms with van der Waals surface area (Å²) < 4.78 is 7.28. The fourth-order valence-corrected chi connectivity index (χ4v) is 3.25. The Morgan fingerprint density at radius 3 is 2.73 bits per heavy atom. The van der Waals surface area contributed by atoms with E-state index in [9.17, 15) is 4.79 Å². The van der Waals surface area contributed by atoms with Crippen molar-refractivity contribution in [2.75, 3.05) is 32.8 Å². The van der Waals surface area contributed by atoms with Crippen molar-refractivity contribution in [3.05, 3.63) is 46.5 Å². The van der Waals surface area contributed by atoms with Gasteiger partial charge in [-0.1, -0.05) is 23.6 Å². The number of hydrogen-bond donors (Lipinski definition) is 0. The molecule has 1 fully saturated rings. The van der Waals surface area contributed by atoms with Crippen molar-refractivity contribution in [1.29, 1.82) is 0 Å². The average Bonchev–Trinajstić information content (AvgIpc) is 3.09. The van der Waals surface area contributed by atoms with Gasteiger partial charge in [-0.3, -0.25) is 0 Å². The number of hydrogen-bond acceptors (Lipinski definition) is 4. The highest BCUT2D eigenvalue weighted by Crippen LogP contribution is 2.15. The first kappa shape index (κ1) is 16.9. The zero-order chi connectivity index (χ0) is 17.9. The third-order valence-electron chi connectivity index (χ3n) is 4.45. The predicted octanol–water partition coefficient (Wildman–Crippen LogP) is 1.60. The molecule has 8 heteroatoms. The van der Waals surface area contributed by atoms with Crippen LogP contribution in [0.1, 0.15) is 17.2 Å². The van der Waals surface area contributed by atoms with Crippen LogP contribution in [0, 0.1) is 11.8 Å². The number of fused-ring (bicyclic) bond motifs is 1. The number of amides is 2. The van der Waals surface area contributed by atoms with Crippen LogP contribution in [-0.4, -0.2) is 63.4 Å². The Balaban J connectivity index is 1.48. The summed E-state index contributed by atoms with van der Waals surface area (Å²) in [7, 11) is 0. The molecule has 3 heterocycles. The molecule has 7 nitrogen and oxygen atoms in total. The summed E-state index contributed by atoms with van der Waals surface area (Å²) in [5.41, 5.74) is 0.829. The lowest BCUT2D eigenvalue weighted by Gasteiger charge is -2.34. The SMILES string of the molecule is O=C(N1CCOCC1)N1CCn2c(C#Cc3cccc(Cl)c3)nnc2C1. The Bertz CT molecular complexity index is 879. The first-order valence-electron chi connectivity index (χ1n) is 8.52. The number of ether oxygens (including phenoxy) is 1. The number of benzene rings is 1. The van der Waals surface area contributed by atoms with Gasteiger partial charge < -0.3 is 19.1 Å². The minimum absolute atomic E-state index is 0.0362. The van der Waals surface area contributed by atoms with Gasteiger partial charge in [0.15, 0.2) is 5.82 Å². The van der Waals surface area contributed by atoms with Gasteiger partial charge in [-0.05, 0) is 24.1 Å². The summed E-state index contributed by atoms with van der Waals surface area (Å²) in [4.78, 5) is 16.2. The van der Waals surface area contributed by atoms with Gasteiger partial charge in [0.25, 0.3) is 0 Å². The number of nitrogens with zero attached hydrogens (tertiary/aromatic N) is 5. The summed E-state index contributed by atoms with van der Waals surface area (Å²) in [6.45, 7) is 4.17. The average molecular weight is 372 g/mol. The molecule has 0 bridgehead atoms. The molecular formula is C18H18ClN5O2. The molecule has 0 spiro atoms. The van der Waals surface area contributed by atoms with Crippen LogP contribution >= 0.6 is 11.6 Å². The third-order valence-corrected chi connectivity index (χ3v) is 4.68. The number of aromatic nitrogens is 3. The van der Waals surface area contributed by atoms with Gasteiger partial charge in [0.05, 0.1) is 19.8 Å². The second kappa shape index (κ2) is 7.36. The van der Waals surface area contributed by atoms with Gasteiger partial charge in [-0.25, -0.2) is 4.79 Å². The van der Waals surface area contributed by atoms with E-state index in [0.29, 0.717) is 56.8 Å². The number of morpholine rings is 1. The van der Waals surface area contributed by atoms with E-state index >= 15 is 0 Å². The number of rotatable bonds is 0. The lowest BCUT2D eigenvalue weighted by molar-refractivity contribution is 0.0408. The van der Waals surface area contributed by atoms with Crippen LogP contribution in [0.2, 0.25) is 5.02 Å². The lowest BCUT2D eigenvalue weighted by Crippen LogP contribution is -2.50. The summed E-state index contributed by atoms with van der Waals surface area (Å²) in [6.07, 6.45) is 0. The third kappa shape index (κ3) is 3.52. The van der Waals surface area contributed by atoms with Crippen LogP contribution in [0.25, 0.3) is 0 Å². The van der Waals surface area contributed by atoms with Gasteiger partial charge in [-0.2, -0.15) is 0 Å². The summed E-state index contributed by atoms with van der Waals surface area (Å²) in [5, 5.41) is 9.04. The van der Waals surface area contributed by atoms with E-state index in [-0.39, 0.29) is 6.03 Å². The van der Waals surface area contributed by atoms with Crippen molar-refractivity contribution in [2.45, 2.75) is 13.1 Å². The molecular weight excluding hydrogens is 354 g/mol. The Morgan fingerprint density at radius 2 is 1.92 bits per heavy atom. The van der Waals surface area contributed by atoms with E-state index in [2.05, 4.69) is 22.0 Å². The molecule has 0 unspecified atom stereocenters. The highest BCUT2D eigenvalue weighted by molar-refractivity contribution is 6.30. The first-order chi connectivity index (χ1) is 12.7. The van der Waals surface area contributed by atoms with Crippen molar-refractivity contribution < 1.29 is 9.53 Å². The van der Waals surface area contributed by atoms with Crippen LogP contribution in [-0.2, 0) is 17.8 Å². The highest BCUT2D eigenvalue weighted by Gasteiger charge is 2.28. The Hall–Kier alpha value is -2.56. The van der Waals surface area contributed by atoms with Gasteiger partial charge in [0, 0.05) is 36.8 Å². The zero-order valence-electron chi connectivity index (χ0n) is 14.2. The molecule has 1 saturated heterocycles. The number of carbonyl (C=O) groups excluding carboxylic acids is 1. The monoisotopic (exact) mass is 371 g/mol. The highest BCUT2D eigenvalue weighted by atomic mass is 35.5. The van der Waals surface area contributed by atoms with E-state index in [0.717, 1.165) is 11.4 Å². The molecule has 2 aliphatic rings. The quantitative estimate of drug-likeness (QED) is 0.660. The summed E-state index contributed by atoms with van der Waals surface area (Å²) in [6, 6.07) is 7.42. The lowest BCUT2D eigenvalue weighted by atomic mass is 10.2. The molecule has 2 aromatic rings. The number of carbonyl (C=O) groups is 1. The zero-order valence-corrected chi connectivity index (χ0v) is 14.9. The van der Waals surface area contributed by atoms with Crippen molar-refractivity contribution in [3.8, 4) is 11.8 Å². The first-order valence-corrected chi connectivity index (χ1v) is 8.90. The van der Waals surface area contributed by atoms with E-state index in [1.54, 1.807) is 0 Å². The summed E-state index contributed by atoms with van der Waals surface area (Å²) in [5.74, 6) is 7.48. The second-order valence-corrected chi connectivity index (χ2v) is 6.59. The molecule has 0 saturated carbocycles. The van der Waals surface area contributed by atoms with Gasteiger partial charge >= 0.3 is 6.03 Å². The molecule has 0 radical (unpaired) electrons. The molecule has 134 valence electrons. The second-order valence-electron chi connectivity index (χ2n) is 6.16. The van der Waals surface area contributed by atoms with Crippen LogP contribution in [0.4, 0.5) is 4.79 Å². The molecule has 0 N–H and O–H groups in total. The van der Waals surface area contributed by atoms with Crippen molar-refractivity contribution in [1.82, 2.24) is 24.6 Å². The molecule has 0 aliphatic carbocycles. The molecule has 1 aromatic heterocycles. The largest absolute Gasteiger partial charge is 0.378 e. The molecule has 26 heavy (non-hydrogen) atoms. The standard InChI is InChI=1S/C18H18ClN5O2/c19-15-3-1-2-14(12-15)4-5-16-20-21-17-13-23(6-7-24(16)17)18(25)22-8-10-26-11-9-22/h1-3,12H,6-11,13H2. The topological polar surface area (TPSA) is 63.5 Å². The van der Waals surface area contributed by atoms with Crippen molar-refractivity contribution >= 4 is 17.6 Å².